The van der Waals surface area contributed by atoms with Gasteiger partial charge >= 0.3 is 0 Å². The highest BCUT2D eigenvalue weighted by Crippen LogP contribution is 2.27. The maximum atomic E-state index is 13.0. The van der Waals surface area contributed by atoms with Gasteiger partial charge in [0.25, 0.3) is 5.91 Å². The normalized spacial score (nSPS) is 23.0. The van der Waals surface area contributed by atoms with Crippen LogP contribution < -0.4 is 4.74 Å². The van der Waals surface area contributed by atoms with Crippen molar-refractivity contribution in [3.8, 4) is 5.75 Å². The van der Waals surface area contributed by atoms with E-state index < -0.39 is 0 Å². The van der Waals surface area contributed by atoms with E-state index in [1.54, 1.807) is 7.11 Å². The summed E-state index contributed by atoms with van der Waals surface area (Å²) in [5.41, 5.74) is 3.27. The van der Waals surface area contributed by atoms with Gasteiger partial charge in [0.1, 0.15) is 18.5 Å². The Morgan fingerprint density at radius 2 is 2.03 bits per heavy atom. The Morgan fingerprint density at radius 1 is 1.20 bits per heavy atom. The minimum atomic E-state index is -0.137. The van der Waals surface area contributed by atoms with Crippen LogP contribution in [0.3, 0.4) is 0 Å². The van der Waals surface area contributed by atoms with E-state index >= 15 is 0 Å². The zero-order valence-corrected chi connectivity index (χ0v) is 17.0. The highest BCUT2D eigenvalue weighted by molar-refractivity contribution is 5.88. The molecule has 3 atom stereocenters. The Labute approximate surface area is 175 Å². The molecular weight excluding hydrogens is 378 g/mol. The molecule has 3 unspecified atom stereocenters. The fourth-order valence-corrected chi connectivity index (χ4v) is 4.33. The minimum absolute atomic E-state index is 0.0204. The predicted octanol–water partition coefficient (Wildman–Crippen LogP) is 3.30. The van der Waals surface area contributed by atoms with Crippen molar-refractivity contribution in [1.82, 2.24) is 14.9 Å². The highest BCUT2D eigenvalue weighted by Gasteiger charge is 2.38. The van der Waals surface area contributed by atoms with Gasteiger partial charge in [0.05, 0.1) is 13.5 Å². The molecule has 0 saturated carbocycles. The molecule has 1 aromatic heterocycles. The van der Waals surface area contributed by atoms with Crippen LogP contribution in [0.15, 0.2) is 66.9 Å². The third-order valence-electron chi connectivity index (χ3n) is 5.97. The van der Waals surface area contributed by atoms with Crippen LogP contribution in [0.2, 0.25) is 0 Å². The van der Waals surface area contributed by atoms with Crippen LogP contribution in [-0.2, 0) is 22.5 Å². The van der Waals surface area contributed by atoms with Gasteiger partial charge in [0, 0.05) is 29.7 Å². The number of carbonyl (C=O) groups excluding carboxylic acids is 1. The van der Waals surface area contributed by atoms with Crippen molar-refractivity contribution < 1.29 is 14.4 Å². The summed E-state index contributed by atoms with van der Waals surface area (Å²) in [6, 6.07) is 16.4. The van der Waals surface area contributed by atoms with Gasteiger partial charge in [-0.3, -0.25) is 14.5 Å². The number of carbonyl (C=O) groups is 1. The lowest BCUT2D eigenvalue weighted by Crippen LogP contribution is -2.60. The molecule has 0 spiro atoms. The summed E-state index contributed by atoms with van der Waals surface area (Å²) >= 11 is 0. The van der Waals surface area contributed by atoms with Gasteiger partial charge in [0.15, 0.2) is 0 Å². The van der Waals surface area contributed by atoms with E-state index in [0.29, 0.717) is 13.1 Å². The quantitative estimate of drug-likeness (QED) is 0.664. The van der Waals surface area contributed by atoms with E-state index in [0.717, 1.165) is 35.2 Å². The lowest BCUT2D eigenvalue weighted by molar-refractivity contribution is -0.252. The number of H-pyrrole nitrogens is 1. The first-order chi connectivity index (χ1) is 14.7. The van der Waals surface area contributed by atoms with Crippen molar-refractivity contribution in [3.63, 3.8) is 0 Å². The number of hydrogen-bond acceptors (Lipinski definition) is 4. The second-order valence-corrected chi connectivity index (χ2v) is 7.84. The fraction of sp³-hybridized carbons (Fsp3) is 0.292. The molecule has 6 heteroatoms. The van der Waals surface area contributed by atoms with Crippen LogP contribution >= 0.6 is 0 Å². The summed E-state index contributed by atoms with van der Waals surface area (Å²) < 4.78 is 5.25. The second kappa shape index (κ2) is 7.97. The number of para-hydroxylation sites is 1. The van der Waals surface area contributed by atoms with Gasteiger partial charge in [-0.15, -0.1) is 0 Å². The van der Waals surface area contributed by atoms with Crippen molar-refractivity contribution in [2.45, 2.75) is 25.0 Å². The van der Waals surface area contributed by atoms with Crippen LogP contribution in [0.5, 0.6) is 5.75 Å². The molecule has 1 amide bonds. The first-order valence-corrected chi connectivity index (χ1v) is 10.3. The molecule has 0 aliphatic carbocycles. The number of amides is 1. The van der Waals surface area contributed by atoms with Crippen LogP contribution in [-0.4, -0.2) is 53.3 Å². The van der Waals surface area contributed by atoms with Crippen LogP contribution in [0.1, 0.15) is 11.1 Å². The van der Waals surface area contributed by atoms with E-state index in [-0.39, 0.29) is 18.1 Å². The molecule has 1 N–H and O–H groups in total. The SMILES string of the molecule is COc1ccc(CC2C3C=CCN2CN(C(=O)Cc2c[nH]c4ccccc24)O3)cc1. The highest BCUT2D eigenvalue weighted by atomic mass is 16.7. The van der Waals surface area contributed by atoms with Crippen LogP contribution in [0.25, 0.3) is 10.9 Å². The number of aromatic nitrogens is 1. The average molecular weight is 403 g/mol. The molecule has 2 aromatic carbocycles. The van der Waals surface area contributed by atoms with Crippen LogP contribution in [0, 0.1) is 0 Å². The third-order valence-corrected chi connectivity index (χ3v) is 5.97. The van der Waals surface area contributed by atoms with Crippen LogP contribution in [0.4, 0.5) is 0 Å². The van der Waals surface area contributed by atoms with Crippen molar-refractivity contribution >= 4 is 16.8 Å². The molecule has 2 aliphatic heterocycles. The molecule has 0 radical (unpaired) electrons. The molecule has 1 saturated heterocycles. The Balaban J connectivity index is 1.28. The van der Waals surface area contributed by atoms with Crippen molar-refractivity contribution in [3.05, 3.63) is 78.0 Å². The van der Waals surface area contributed by atoms with E-state index in [1.165, 1.54) is 10.6 Å². The molecule has 30 heavy (non-hydrogen) atoms. The largest absolute Gasteiger partial charge is 0.497 e. The van der Waals surface area contributed by atoms with Gasteiger partial charge in [-0.1, -0.05) is 42.5 Å². The summed E-state index contributed by atoms with van der Waals surface area (Å²) in [5, 5.41) is 2.61. The Bertz CT molecular complexity index is 1070. The number of benzene rings is 2. The number of hydroxylamine groups is 2. The number of rotatable bonds is 5. The van der Waals surface area contributed by atoms with E-state index in [4.69, 9.17) is 9.57 Å². The summed E-state index contributed by atoms with van der Waals surface area (Å²) in [6.45, 7) is 1.29. The summed E-state index contributed by atoms with van der Waals surface area (Å²) in [6.07, 6.45) is 7.16. The average Bonchev–Trinajstić information content (AvgIpc) is 3.17. The lowest BCUT2D eigenvalue weighted by Gasteiger charge is -2.46. The third kappa shape index (κ3) is 3.60. The Hall–Kier alpha value is -3.09. The van der Waals surface area contributed by atoms with E-state index in [1.807, 2.05) is 42.6 Å². The predicted molar refractivity (Wildman–Crippen MR) is 115 cm³/mol. The molecule has 3 aromatic rings. The number of nitrogens with one attached hydrogen (secondary N) is 1. The summed E-state index contributed by atoms with van der Waals surface area (Å²) in [4.78, 5) is 24.7. The minimum Gasteiger partial charge on any atom is -0.497 e. The summed E-state index contributed by atoms with van der Waals surface area (Å²) in [5.74, 6) is 0.834. The monoisotopic (exact) mass is 403 g/mol. The first kappa shape index (κ1) is 18.9. The number of methoxy groups -OCH3 is 1. The standard InChI is InChI=1S/C24H25N3O3/c1-29-19-10-8-17(9-11-19)13-22-23-7-4-12-26(22)16-27(30-23)24(28)14-18-15-25-21-6-3-2-5-20(18)21/h2-11,15,22-23,25H,12-14,16H2,1H3. The first-order valence-electron chi connectivity index (χ1n) is 10.3. The molecule has 6 nitrogen and oxygen atoms in total. The van der Waals surface area contributed by atoms with Crippen molar-refractivity contribution in [2.24, 2.45) is 0 Å². The van der Waals surface area contributed by atoms with E-state index in [2.05, 4.69) is 34.2 Å². The Morgan fingerprint density at radius 3 is 2.83 bits per heavy atom. The van der Waals surface area contributed by atoms with Gasteiger partial charge in [-0.2, -0.15) is 0 Å². The zero-order chi connectivity index (χ0) is 20.5. The number of fused-ring (bicyclic) bond motifs is 3. The van der Waals surface area contributed by atoms with Crippen molar-refractivity contribution in [1.29, 1.82) is 0 Å². The molecule has 5 rings (SSSR count). The molecule has 2 aliphatic rings. The van der Waals surface area contributed by atoms with Gasteiger partial charge in [0.2, 0.25) is 0 Å². The zero-order valence-electron chi connectivity index (χ0n) is 17.0. The molecular formula is C24H25N3O3. The molecule has 3 heterocycles. The van der Waals surface area contributed by atoms with Gasteiger partial charge in [-0.25, -0.2) is 5.06 Å². The van der Waals surface area contributed by atoms with Gasteiger partial charge < -0.3 is 9.72 Å². The molecule has 154 valence electrons. The number of hydrogen-bond donors (Lipinski definition) is 1. The maximum Gasteiger partial charge on any atom is 0.251 e. The molecule has 2 bridgehead atoms. The lowest BCUT2D eigenvalue weighted by atomic mass is 9.96. The number of ether oxygens (including phenoxy) is 1. The van der Waals surface area contributed by atoms with E-state index in [9.17, 15) is 4.79 Å². The second-order valence-electron chi connectivity index (χ2n) is 7.84. The topological polar surface area (TPSA) is 57.8 Å². The molecule has 1 fully saturated rings. The number of nitrogens with zero attached hydrogens (tertiary/aromatic N) is 2. The summed E-state index contributed by atoms with van der Waals surface area (Å²) in [7, 11) is 1.67. The van der Waals surface area contributed by atoms with Gasteiger partial charge in [-0.05, 0) is 35.7 Å². The number of aromatic amines is 1. The van der Waals surface area contributed by atoms with Crippen molar-refractivity contribution in [2.75, 3.05) is 20.3 Å². The Kier molecular flexibility index (Phi) is 5.02. The maximum absolute atomic E-state index is 13.0. The smallest absolute Gasteiger partial charge is 0.251 e. The fourth-order valence-electron chi connectivity index (χ4n) is 4.33.